The van der Waals surface area contributed by atoms with E-state index in [4.69, 9.17) is 13.9 Å². The second kappa shape index (κ2) is 8.74. The van der Waals surface area contributed by atoms with E-state index in [0.717, 1.165) is 38.8 Å². The molecule has 5 nitrogen and oxygen atoms in total. The Kier molecular flexibility index (Phi) is 5.63. The van der Waals surface area contributed by atoms with Crippen LogP contribution in [0.15, 0.2) is 77.6 Å². The van der Waals surface area contributed by atoms with Crippen molar-refractivity contribution < 1.29 is 19.0 Å². The highest BCUT2D eigenvalue weighted by Crippen LogP contribution is 2.36. The molecule has 1 N–H and O–H groups in total. The standard InChI is InChI=1S/C28H25NO4/c1-28(15-24(30)8-10-33-28)23-4-2-3-19(12-23)17-32-25-5-6-26-22(14-25)11-20(16-29)13-27(26)21-7-9-31-18-21/h2-7,9,11-14,18,24,30H,8,10,15,17H2,1H3/t24-,28?/m0/s1. The Morgan fingerprint density at radius 2 is 2.06 bits per heavy atom. The molecule has 1 aliphatic heterocycles. The van der Waals surface area contributed by atoms with Crippen LogP contribution in [0.5, 0.6) is 5.75 Å². The predicted molar refractivity (Wildman–Crippen MR) is 126 cm³/mol. The van der Waals surface area contributed by atoms with Crippen molar-refractivity contribution in [1.82, 2.24) is 0 Å². The highest BCUT2D eigenvalue weighted by molar-refractivity contribution is 5.98. The summed E-state index contributed by atoms with van der Waals surface area (Å²) in [5.74, 6) is 0.733. The van der Waals surface area contributed by atoms with E-state index in [1.54, 1.807) is 12.5 Å². The van der Waals surface area contributed by atoms with Crippen molar-refractivity contribution in [2.75, 3.05) is 6.61 Å². The lowest BCUT2D eigenvalue weighted by atomic mass is 9.86. The van der Waals surface area contributed by atoms with Gasteiger partial charge in [0, 0.05) is 12.0 Å². The van der Waals surface area contributed by atoms with Gasteiger partial charge >= 0.3 is 0 Å². The van der Waals surface area contributed by atoms with Crippen LogP contribution in [0.1, 0.15) is 36.5 Å². The largest absolute Gasteiger partial charge is 0.489 e. The summed E-state index contributed by atoms with van der Waals surface area (Å²) in [5.41, 5.74) is 4.07. The molecule has 0 saturated carbocycles. The number of fused-ring (bicyclic) bond motifs is 1. The maximum atomic E-state index is 10.1. The average molecular weight is 440 g/mol. The van der Waals surface area contributed by atoms with Crippen LogP contribution in [0.25, 0.3) is 21.9 Å². The van der Waals surface area contributed by atoms with Crippen LogP contribution in [0.2, 0.25) is 0 Å². The number of aliphatic hydroxyl groups excluding tert-OH is 1. The summed E-state index contributed by atoms with van der Waals surface area (Å²) in [6, 6.07) is 22.0. The molecule has 2 atom stereocenters. The van der Waals surface area contributed by atoms with Gasteiger partial charge in [-0.25, -0.2) is 0 Å². The van der Waals surface area contributed by atoms with Crippen molar-refractivity contribution in [2.24, 2.45) is 0 Å². The molecule has 0 radical (unpaired) electrons. The summed E-state index contributed by atoms with van der Waals surface area (Å²) in [4.78, 5) is 0. The summed E-state index contributed by atoms with van der Waals surface area (Å²) in [5, 5.41) is 21.6. The first kappa shape index (κ1) is 21.3. The maximum Gasteiger partial charge on any atom is 0.120 e. The lowest BCUT2D eigenvalue weighted by Gasteiger charge is -2.37. The molecule has 2 heterocycles. The Morgan fingerprint density at radius 1 is 1.15 bits per heavy atom. The molecule has 1 saturated heterocycles. The minimum Gasteiger partial charge on any atom is -0.489 e. The molecule has 1 unspecified atom stereocenters. The molecule has 5 heteroatoms. The predicted octanol–water partition coefficient (Wildman–Crippen LogP) is 5.94. The lowest BCUT2D eigenvalue weighted by molar-refractivity contribution is -0.112. The minimum absolute atomic E-state index is 0.341. The molecule has 0 amide bonds. The maximum absolute atomic E-state index is 10.1. The van der Waals surface area contributed by atoms with E-state index < -0.39 is 5.60 Å². The molecule has 0 aliphatic carbocycles. The Balaban J connectivity index is 1.39. The molecule has 0 spiro atoms. The molecule has 1 fully saturated rings. The van der Waals surface area contributed by atoms with Crippen LogP contribution in [0.3, 0.4) is 0 Å². The third-order valence-corrected chi connectivity index (χ3v) is 6.33. The molecule has 1 aromatic heterocycles. The van der Waals surface area contributed by atoms with Crippen molar-refractivity contribution in [3.63, 3.8) is 0 Å². The summed E-state index contributed by atoms with van der Waals surface area (Å²) < 4.78 is 17.4. The number of hydrogen-bond donors (Lipinski definition) is 1. The number of nitriles is 1. The fraction of sp³-hybridized carbons (Fsp3) is 0.250. The zero-order valence-electron chi connectivity index (χ0n) is 18.5. The van der Waals surface area contributed by atoms with Crippen molar-refractivity contribution in [2.45, 2.75) is 38.1 Å². The third-order valence-electron chi connectivity index (χ3n) is 6.33. The quantitative estimate of drug-likeness (QED) is 0.417. The van der Waals surface area contributed by atoms with Gasteiger partial charge in [-0.2, -0.15) is 5.26 Å². The monoisotopic (exact) mass is 439 g/mol. The van der Waals surface area contributed by atoms with E-state index in [0.29, 0.717) is 31.6 Å². The summed E-state index contributed by atoms with van der Waals surface area (Å²) in [6.45, 7) is 2.99. The number of furan rings is 1. The van der Waals surface area contributed by atoms with Crippen LogP contribution in [-0.4, -0.2) is 17.8 Å². The van der Waals surface area contributed by atoms with Crippen LogP contribution >= 0.6 is 0 Å². The smallest absolute Gasteiger partial charge is 0.120 e. The molecule has 1 aliphatic rings. The first-order valence-electron chi connectivity index (χ1n) is 11.1. The zero-order valence-corrected chi connectivity index (χ0v) is 18.5. The normalized spacial score (nSPS) is 20.5. The Morgan fingerprint density at radius 3 is 2.85 bits per heavy atom. The molecular weight excluding hydrogens is 414 g/mol. The summed E-state index contributed by atoms with van der Waals surface area (Å²) in [6.07, 6.45) is 4.23. The van der Waals surface area contributed by atoms with E-state index in [1.165, 1.54) is 0 Å². The van der Waals surface area contributed by atoms with E-state index in [1.807, 2.05) is 61.5 Å². The molecule has 0 bridgehead atoms. The van der Waals surface area contributed by atoms with Gasteiger partial charge in [-0.05, 0) is 77.2 Å². The van der Waals surface area contributed by atoms with Crippen molar-refractivity contribution in [1.29, 1.82) is 5.26 Å². The fourth-order valence-corrected chi connectivity index (χ4v) is 4.55. The highest BCUT2D eigenvalue weighted by atomic mass is 16.5. The van der Waals surface area contributed by atoms with Gasteiger partial charge in [0.15, 0.2) is 0 Å². The van der Waals surface area contributed by atoms with Gasteiger partial charge in [0.25, 0.3) is 0 Å². The van der Waals surface area contributed by atoms with Gasteiger partial charge < -0.3 is 19.0 Å². The van der Waals surface area contributed by atoms with Gasteiger partial charge in [0.1, 0.15) is 12.4 Å². The van der Waals surface area contributed by atoms with E-state index in [-0.39, 0.29) is 6.10 Å². The number of hydrogen-bond acceptors (Lipinski definition) is 5. The van der Waals surface area contributed by atoms with Crippen LogP contribution in [-0.2, 0) is 16.9 Å². The Labute approximate surface area is 192 Å². The number of rotatable bonds is 5. The van der Waals surface area contributed by atoms with Gasteiger partial charge in [-0.3, -0.25) is 0 Å². The number of aliphatic hydroxyl groups is 1. The first-order chi connectivity index (χ1) is 16.0. The molecular formula is C28H25NO4. The van der Waals surface area contributed by atoms with Crippen molar-refractivity contribution in [3.05, 3.63) is 89.9 Å². The van der Waals surface area contributed by atoms with Crippen LogP contribution in [0, 0.1) is 11.3 Å². The van der Waals surface area contributed by atoms with Gasteiger partial charge in [-0.15, -0.1) is 0 Å². The Hall–Kier alpha value is -3.59. The third kappa shape index (κ3) is 4.36. The lowest BCUT2D eigenvalue weighted by Crippen LogP contribution is -2.37. The molecule has 4 aromatic rings. The fourth-order valence-electron chi connectivity index (χ4n) is 4.55. The van der Waals surface area contributed by atoms with Gasteiger partial charge in [0.05, 0.1) is 42.5 Å². The number of benzene rings is 3. The van der Waals surface area contributed by atoms with Crippen LogP contribution in [0.4, 0.5) is 0 Å². The topological polar surface area (TPSA) is 75.6 Å². The van der Waals surface area contributed by atoms with Gasteiger partial charge in [0.2, 0.25) is 0 Å². The number of ether oxygens (including phenoxy) is 2. The average Bonchev–Trinajstić information content (AvgIpc) is 3.37. The SMILES string of the molecule is CC1(c2cccc(COc3ccc4c(-c5ccoc5)cc(C#N)cc4c3)c2)C[C@@H](O)CCO1. The van der Waals surface area contributed by atoms with Crippen LogP contribution < -0.4 is 4.74 Å². The Bertz CT molecular complexity index is 1320. The van der Waals surface area contributed by atoms with E-state index in [2.05, 4.69) is 12.1 Å². The summed E-state index contributed by atoms with van der Waals surface area (Å²) >= 11 is 0. The molecule has 33 heavy (non-hydrogen) atoms. The number of nitrogens with zero attached hydrogens (tertiary/aromatic N) is 1. The van der Waals surface area contributed by atoms with Crippen molar-refractivity contribution >= 4 is 10.8 Å². The summed E-state index contributed by atoms with van der Waals surface area (Å²) in [7, 11) is 0. The molecule has 166 valence electrons. The second-order valence-electron chi connectivity index (χ2n) is 8.75. The van der Waals surface area contributed by atoms with E-state index in [9.17, 15) is 10.4 Å². The highest BCUT2D eigenvalue weighted by Gasteiger charge is 2.34. The minimum atomic E-state index is -0.492. The molecule has 5 rings (SSSR count). The zero-order chi connectivity index (χ0) is 22.8. The van der Waals surface area contributed by atoms with Gasteiger partial charge in [-0.1, -0.05) is 24.3 Å². The van der Waals surface area contributed by atoms with E-state index >= 15 is 0 Å². The van der Waals surface area contributed by atoms with Crippen molar-refractivity contribution in [3.8, 4) is 22.9 Å². The molecule has 3 aromatic carbocycles. The second-order valence-corrected chi connectivity index (χ2v) is 8.75. The first-order valence-corrected chi connectivity index (χ1v) is 11.1.